The van der Waals surface area contributed by atoms with Gasteiger partial charge in [0, 0.05) is 17.6 Å². The van der Waals surface area contributed by atoms with E-state index in [2.05, 4.69) is 0 Å². The summed E-state index contributed by atoms with van der Waals surface area (Å²) >= 11 is 1.70. The quantitative estimate of drug-likeness (QED) is 0.313. The molecule has 120 valence electrons. The van der Waals surface area contributed by atoms with E-state index in [1.54, 1.807) is 49.2 Å². The second kappa shape index (κ2) is 9.18. The average Bonchev–Trinajstić information content (AvgIpc) is 2.61. The predicted molar refractivity (Wildman–Crippen MR) is 95.4 cm³/mol. The summed E-state index contributed by atoms with van der Waals surface area (Å²) in [6.45, 7) is 1.04. The molecule has 2 aromatic rings. The third kappa shape index (κ3) is 5.58. The van der Waals surface area contributed by atoms with Crippen LogP contribution in [0.4, 0.5) is 0 Å². The fourth-order valence-corrected chi connectivity index (χ4v) is 2.35. The number of carbonyl (C=O) groups excluding carboxylic acids is 1. The number of thioether (sulfide) groups is 1. The van der Waals surface area contributed by atoms with Gasteiger partial charge in [0.15, 0.2) is 5.78 Å². The monoisotopic (exact) mass is 328 g/mol. The molecule has 2 aromatic carbocycles. The molecule has 0 saturated carbocycles. The van der Waals surface area contributed by atoms with Crippen LogP contribution in [0.2, 0.25) is 0 Å². The highest BCUT2D eigenvalue weighted by Gasteiger charge is 2.02. The molecule has 0 aromatic heterocycles. The van der Waals surface area contributed by atoms with Crippen LogP contribution in [0, 0.1) is 0 Å². The van der Waals surface area contributed by atoms with E-state index in [-0.39, 0.29) is 5.78 Å². The van der Waals surface area contributed by atoms with E-state index in [1.165, 1.54) is 4.90 Å². The van der Waals surface area contributed by atoms with E-state index in [0.29, 0.717) is 18.8 Å². The van der Waals surface area contributed by atoms with Crippen molar-refractivity contribution in [3.05, 3.63) is 65.7 Å². The lowest BCUT2D eigenvalue weighted by atomic mass is 10.1. The van der Waals surface area contributed by atoms with Gasteiger partial charge in [-0.3, -0.25) is 4.79 Å². The number of rotatable bonds is 8. The molecular formula is C19H20O3S. The Morgan fingerprint density at radius 3 is 2.35 bits per heavy atom. The van der Waals surface area contributed by atoms with Gasteiger partial charge >= 0.3 is 0 Å². The number of carbonyl (C=O) groups is 1. The minimum absolute atomic E-state index is 0.0256. The number of methoxy groups -OCH3 is 1. The lowest BCUT2D eigenvalue weighted by Crippen LogP contribution is -2.04. The zero-order chi connectivity index (χ0) is 16.5. The first-order valence-corrected chi connectivity index (χ1v) is 8.53. The molecule has 23 heavy (non-hydrogen) atoms. The van der Waals surface area contributed by atoms with Gasteiger partial charge < -0.3 is 9.47 Å². The molecule has 3 nitrogen and oxygen atoms in total. The van der Waals surface area contributed by atoms with Crippen LogP contribution in [-0.4, -0.2) is 32.4 Å². The van der Waals surface area contributed by atoms with Gasteiger partial charge in [-0.25, -0.2) is 0 Å². The normalized spacial score (nSPS) is 10.9. The summed E-state index contributed by atoms with van der Waals surface area (Å²) in [6.07, 6.45) is 5.46. The summed E-state index contributed by atoms with van der Waals surface area (Å²) in [6, 6.07) is 15.2. The van der Waals surface area contributed by atoms with Gasteiger partial charge in [0.25, 0.3) is 0 Å². The fourth-order valence-electron chi connectivity index (χ4n) is 1.94. The van der Waals surface area contributed by atoms with E-state index in [1.807, 2.05) is 36.6 Å². The largest absolute Gasteiger partial charge is 0.491 e. The number of allylic oxidation sites excluding steroid dienone is 1. The first-order valence-electron chi connectivity index (χ1n) is 7.31. The molecule has 0 saturated heterocycles. The van der Waals surface area contributed by atoms with Gasteiger partial charge in [-0.15, -0.1) is 11.8 Å². The van der Waals surface area contributed by atoms with Crippen LogP contribution in [0.1, 0.15) is 15.9 Å². The Morgan fingerprint density at radius 2 is 1.74 bits per heavy atom. The molecule has 0 atom stereocenters. The predicted octanol–water partition coefficient (Wildman–Crippen LogP) is 4.33. The van der Waals surface area contributed by atoms with Crippen LogP contribution in [0.3, 0.4) is 0 Å². The van der Waals surface area contributed by atoms with Crippen molar-refractivity contribution in [2.75, 3.05) is 26.6 Å². The Morgan fingerprint density at radius 1 is 1.04 bits per heavy atom. The molecule has 0 N–H and O–H groups in total. The molecule has 4 heteroatoms. The molecule has 0 unspecified atom stereocenters. The topological polar surface area (TPSA) is 35.5 Å². The SMILES string of the molecule is COCCOc1ccc(C(=O)C=Cc2ccc(SC)cc2)cc1. The molecule has 0 heterocycles. The Kier molecular flexibility index (Phi) is 6.91. The standard InChI is InChI=1S/C19H20O3S/c1-21-13-14-22-17-8-6-16(7-9-17)19(20)12-5-15-3-10-18(23-2)11-4-15/h3-12H,13-14H2,1-2H3. The zero-order valence-corrected chi connectivity index (χ0v) is 14.1. The third-order valence-corrected chi connectivity index (χ3v) is 3.98. The van der Waals surface area contributed by atoms with Crippen LogP contribution in [0.25, 0.3) is 6.08 Å². The lowest BCUT2D eigenvalue weighted by molar-refractivity contribution is 0.104. The first-order chi connectivity index (χ1) is 11.2. The number of ketones is 1. The average molecular weight is 328 g/mol. The smallest absolute Gasteiger partial charge is 0.185 e. The van der Waals surface area contributed by atoms with Crippen molar-refractivity contribution in [1.82, 2.24) is 0 Å². The minimum atomic E-state index is -0.0256. The van der Waals surface area contributed by atoms with Crippen LogP contribution in [-0.2, 0) is 4.74 Å². The number of benzene rings is 2. The van der Waals surface area contributed by atoms with Crippen molar-refractivity contribution < 1.29 is 14.3 Å². The molecule has 0 aliphatic carbocycles. The molecule has 0 fully saturated rings. The molecule has 0 spiro atoms. The molecule has 2 rings (SSSR count). The van der Waals surface area contributed by atoms with E-state index in [0.717, 1.165) is 11.3 Å². The number of hydrogen-bond acceptors (Lipinski definition) is 4. The molecule has 0 aliphatic heterocycles. The number of hydrogen-bond donors (Lipinski definition) is 0. The second-order valence-electron chi connectivity index (χ2n) is 4.84. The van der Waals surface area contributed by atoms with Gasteiger partial charge in [-0.2, -0.15) is 0 Å². The van der Waals surface area contributed by atoms with Crippen LogP contribution < -0.4 is 4.74 Å². The van der Waals surface area contributed by atoms with Gasteiger partial charge in [0.1, 0.15) is 12.4 Å². The summed E-state index contributed by atoms with van der Waals surface area (Å²) in [5, 5.41) is 0. The van der Waals surface area contributed by atoms with Crippen molar-refractivity contribution in [3.63, 3.8) is 0 Å². The highest BCUT2D eigenvalue weighted by Crippen LogP contribution is 2.16. The summed E-state index contributed by atoms with van der Waals surface area (Å²) in [5.41, 5.74) is 1.65. The van der Waals surface area contributed by atoms with Gasteiger partial charge in [-0.05, 0) is 54.3 Å². The summed E-state index contributed by atoms with van der Waals surface area (Å²) in [4.78, 5) is 13.4. The van der Waals surface area contributed by atoms with E-state index >= 15 is 0 Å². The van der Waals surface area contributed by atoms with Crippen molar-refractivity contribution in [3.8, 4) is 5.75 Å². The molecule has 0 radical (unpaired) electrons. The first kappa shape index (κ1) is 17.3. The maximum Gasteiger partial charge on any atom is 0.185 e. The summed E-state index contributed by atoms with van der Waals surface area (Å²) in [5.74, 6) is 0.706. The van der Waals surface area contributed by atoms with Crippen LogP contribution >= 0.6 is 11.8 Å². The highest BCUT2D eigenvalue weighted by molar-refractivity contribution is 7.98. The Balaban J connectivity index is 1.95. The van der Waals surface area contributed by atoms with Crippen molar-refractivity contribution >= 4 is 23.6 Å². The van der Waals surface area contributed by atoms with Crippen LogP contribution in [0.5, 0.6) is 5.75 Å². The Labute approximate surface area is 141 Å². The Hall–Kier alpha value is -2.04. The summed E-state index contributed by atoms with van der Waals surface area (Å²) in [7, 11) is 1.63. The lowest BCUT2D eigenvalue weighted by Gasteiger charge is -2.05. The molecule has 0 bridgehead atoms. The van der Waals surface area contributed by atoms with E-state index in [4.69, 9.17) is 9.47 Å². The van der Waals surface area contributed by atoms with Crippen LogP contribution in [0.15, 0.2) is 59.5 Å². The van der Waals surface area contributed by atoms with E-state index < -0.39 is 0 Å². The van der Waals surface area contributed by atoms with Gasteiger partial charge in [-0.1, -0.05) is 18.2 Å². The second-order valence-corrected chi connectivity index (χ2v) is 5.72. The van der Waals surface area contributed by atoms with Crippen molar-refractivity contribution in [2.45, 2.75) is 4.90 Å². The van der Waals surface area contributed by atoms with Gasteiger partial charge in [0.05, 0.1) is 6.61 Å². The molecule has 0 amide bonds. The minimum Gasteiger partial charge on any atom is -0.491 e. The van der Waals surface area contributed by atoms with E-state index in [9.17, 15) is 4.79 Å². The number of ether oxygens (including phenoxy) is 2. The van der Waals surface area contributed by atoms with Gasteiger partial charge in [0.2, 0.25) is 0 Å². The third-order valence-electron chi connectivity index (χ3n) is 3.24. The maximum absolute atomic E-state index is 12.2. The molecule has 0 aliphatic rings. The van der Waals surface area contributed by atoms with Crippen molar-refractivity contribution in [2.24, 2.45) is 0 Å². The summed E-state index contributed by atoms with van der Waals surface area (Å²) < 4.78 is 10.4. The van der Waals surface area contributed by atoms with Crippen molar-refractivity contribution in [1.29, 1.82) is 0 Å². The fraction of sp³-hybridized carbons (Fsp3) is 0.211. The Bertz CT molecular complexity index is 645. The zero-order valence-electron chi connectivity index (χ0n) is 13.3. The molecular weight excluding hydrogens is 308 g/mol. The maximum atomic E-state index is 12.2. The highest BCUT2D eigenvalue weighted by atomic mass is 32.2.